The number of rotatable bonds is 4. The van der Waals surface area contributed by atoms with Crippen molar-refractivity contribution in [3.8, 4) is 0 Å². The third-order valence-corrected chi connectivity index (χ3v) is 5.33. The summed E-state index contributed by atoms with van der Waals surface area (Å²) >= 11 is 5.97. The zero-order valence-corrected chi connectivity index (χ0v) is 16.1. The molecule has 0 unspecified atom stereocenters. The number of nitrogens with zero attached hydrogens (tertiary/aromatic N) is 1. The number of aromatic nitrogens is 1. The molecule has 0 spiro atoms. The van der Waals surface area contributed by atoms with Gasteiger partial charge in [-0.3, -0.25) is 9.69 Å². The van der Waals surface area contributed by atoms with Gasteiger partial charge in [-0.25, -0.2) is 4.98 Å². The normalized spacial score (nSPS) is 16.7. The molecule has 0 aliphatic carbocycles. The molecule has 0 saturated carbocycles. The van der Waals surface area contributed by atoms with Gasteiger partial charge in [0.05, 0.1) is 22.5 Å². The van der Waals surface area contributed by atoms with Crippen molar-refractivity contribution in [2.45, 2.75) is 19.1 Å². The summed E-state index contributed by atoms with van der Waals surface area (Å²) in [6.07, 6.45) is -2.63. The highest BCUT2D eigenvalue weighted by Gasteiger charge is 2.34. The molecule has 3 rings (SSSR count). The van der Waals surface area contributed by atoms with Crippen LogP contribution in [0, 0.1) is 0 Å². The van der Waals surface area contributed by atoms with E-state index in [0.29, 0.717) is 0 Å². The molecule has 3 N–H and O–H groups in total. The second kappa shape index (κ2) is 8.36. The summed E-state index contributed by atoms with van der Waals surface area (Å²) in [4.78, 5) is 19.1. The zero-order valence-electron chi connectivity index (χ0n) is 15.3. The summed E-state index contributed by atoms with van der Waals surface area (Å²) in [6.45, 7) is 4.81. The SMILES string of the molecule is C[C@H](C(=O)Nc1cc(C(F)(F)F)ccc1Cl)[NH+]1CCN(c2cccc[nH+]2)CC1. The largest absolute Gasteiger partial charge is 0.416 e. The van der Waals surface area contributed by atoms with Gasteiger partial charge in [0.2, 0.25) is 0 Å². The summed E-state index contributed by atoms with van der Waals surface area (Å²) in [5.41, 5.74) is -0.870. The van der Waals surface area contributed by atoms with Crippen molar-refractivity contribution in [2.24, 2.45) is 0 Å². The van der Waals surface area contributed by atoms with Crippen molar-refractivity contribution >= 4 is 29.0 Å². The first kappa shape index (κ1) is 20.4. The van der Waals surface area contributed by atoms with E-state index in [1.54, 1.807) is 6.92 Å². The average Bonchev–Trinajstić information content (AvgIpc) is 2.69. The number of hydrogen-bond acceptors (Lipinski definition) is 2. The molecule has 1 atom stereocenters. The molecule has 1 aromatic heterocycles. The Morgan fingerprint density at radius 1 is 1.25 bits per heavy atom. The fourth-order valence-electron chi connectivity index (χ4n) is 3.27. The Morgan fingerprint density at radius 3 is 2.57 bits per heavy atom. The van der Waals surface area contributed by atoms with E-state index in [0.717, 1.165) is 55.1 Å². The van der Waals surface area contributed by atoms with E-state index in [9.17, 15) is 18.0 Å². The number of carbonyl (C=O) groups excluding carboxylic acids is 1. The number of anilines is 2. The molecule has 0 bridgehead atoms. The fraction of sp³-hybridized carbons (Fsp3) is 0.368. The molecule has 2 aromatic rings. The standard InChI is InChI=1S/C19H20ClF3N4O/c1-13(26-8-10-27(11-9-26)17-4-2-3-7-24-17)18(28)25-16-12-14(19(21,22)23)5-6-15(16)20/h2-7,12-13H,8-11H2,1H3,(H,25,28)/p+2/t13-/m1/s1. The maximum Gasteiger partial charge on any atom is 0.416 e. The first-order chi connectivity index (χ1) is 13.3. The lowest BCUT2D eigenvalue weighted by Gasteiger charge is -2.31. The topological polar surface area (TPSA) is 50.9 Å². The van der Waals surface area contributed by atoms with Crippen molar-refractivity contribution < 1.29 is 27.8 Å². The number of amides is 1. The van der Waals surface area contributed by atoms with Crippen LogP contribution < -0.4 is 20.1 Å². The summed E-state index contributed by atoms with van der Waals surface area (Å²) < 4.78 is 38.7. The van der Waals surface area contributed by atoms with Gasteiger partial charge in [0, 0.05) is 6.07 Å². The predicted octanol–water partition coefficient (Wildman–Crippen LogP) is 1.91. The quantitative estimate of drug-likeness (QED) is 0.803. The number of H-pyrrole nitrogens is 1. The lowest BCUT2D eigenvalue weighted by molar-refractivity contribution is -0.914. The van der Waals surface area contributed by atoms with Gasteiger partial charge >= 0.3 is 6.18 Å². The summed E-state index contributed by atoms with van der Waals surface area (Å²) in [6, 6.07) is 8.37. The monoisotopic (exact) mass is 414 g/mol. The Balaban J connectivity index is 1.61. The van der Waals surface area contributed by atoms with Crippen LogP contribution in [-0.4, -0.2) is 38.1 Å². The molecule has 28 heavy (non-hydrogen) atoms. The molecule has 1 saturated heterocycles. The van der Waals surface area contributed by atoms with Crippen molar-refractivity contribution in [2.75, 3.05) is 36.4 Å². The van der Waals surface area contributed by atoms with Crippen molar-refractivity contribution in [3.63, 3.8) is 0 Å². The van der Waals surface area contributed by atoms with Gasteiger partial charge in [-0.15, -0.1) is 0 Å². The lowest BCUT2D eigenvalue weighted by atomic mass is 10.1. The minimum atomic E-state index is -4.49. The van der Waals surface area contributed by atoms with E-state index >= 15 is 0 Å². The molecule has 1 aliphatic heterocycles. The van der Waals surface area contributed by atoms with E-state index in [-0.39, 0.29) is 16.6 Å². The number of benzene rings is 1. The molecular weight excluding hydrogens is 393 g/mol. The highest BCUT2D eigenvalue weighted by atomic mass is 35.5. The van der Waals surface area contributed by atoms with Gasteiger partial charge in [0.15, 0.2) is 6.04 Å². The van der Waals surface area contributed by atoms with Gasteiger partial charge in [0.1, 0.15) is 26.2 Å². The molecule has 9 heteroatoms. The number of pyridine rings is 1. The van der Waals surface area contributed by atoms with Crippen LogP contribution in [0.25, 0.3) is 0 Å². The van der Waals surface area contributed by atoms with Crippen molar-refractivity contribution in [3.05, 3.63) is 53.2 Å². The number of hydrogen-bond donors (Lipinski definition) is 2. The number of piperazine rings is 1. The highest BCUT2D eigenvalue weighted by Crippen LogP contribution is 2.33. The van der Waals surface area contributed by atoms with E-state index in [1.807, 2.05) is 24.4 Å². The van der Waals surface area contributed by atoms with Gasteiger partial charge in [-0.2, -0.15) is 13.2 Å². The van der Waals surface area contributed by atoms with Gasteiger partial charge in [-0.1, -0.05) is 17.7 Å². The maximum absolute atomic E-state index is 12.9. The second-order valence-electron chi connectivity index (χ2n) is 6.80. The first-order valence-corrected chi connectivity index (χ1v) is 9.37. The van der Waals surface area contributed by atoms with Crippen LogP contribution in [0.4, 0.5) is 24.7 Å². The lowest BCUT2D eigenvalue weighted by Crippen LogP contribution is -3.19. The average molecular weight is 415 g/mol. The fourth-order valence-corrected chi connectivity index (χ4v) is 3.44. The number of nitrogens with one attached hydrogen (secondary N) is 3. The molecule has 2 heterocycles. The Morgan fingerprint density at radius 2 is 1.96 bits per heavy atom. The summed E-state index contributed by atoms with van der Waals surface area (Å²) in [7, 11) is 0. The Bertz CT molecular complexity index is 824. The Kier molecular flexibility index (Phi) is 6.10. The third kappa shape index (κ3) is 4.74. The Labute approximate surface area is 166 Å². The minimum absolute atomic E-state index is 0.0229. The Hall–Kier alpha value is -2.32. The molecular formula is C19H22ClF3N4O+2. The maximum atomic E-state index is 12.9. The highest BCUT2D eigenvalue weighted by molar-refractivity contribution is 6.33. The van der Waals surface area contributed by atoms with E-state index < -0.39 is 17.8 Å². The van der Waals surface area contributed by atoms with E-state index in [2.05, 4.69) is 15.2 Å². The third-order valence-electron chi connectivity index (χ3n) is 5.00. The summed E-state index contributed by atoms with van der Waals surface area (Å²) in [5.74, 6) is 0.672. The van der Waals surface area contributed by atoms with Crippen molar-refractivity contribution in [1.29, 1.82) is 0 Å². The smallest absolute Gasteiger partial charge is 0.320 e. The number of aromatic amines is 1. The first-order valence-electron chi connectivity index (χ1n) is 8.99. The molecule has 1 amide bonds. The minimum Gasteiger partial charge on any atom is -0.320 e. The van der Waals surface area contributed by atoms with Crippen LogP contribution in [-0.2, 0) is 11.0 Å². The number of quaternary nitrogens is 1. The molecule has 150 valence electrons. The van der Waals surface area contributed by atoms with Gasteiger partial charge < -0.3 is 10.2 Å². The molecule has 1 aliphatic rings. The van der Waals surface area contributed by atoms with Crippen molar-refractivity contribution in [1.82, 2.24) is 0 Å². The predicted molar refractivity (Wildman–Crippen MR) is 100 cm³/mol. The molecule has 0 radical (unpaired) electrons. The number of carbonyl (C=O) groups is 1. The van der Waals surface area contributed by atoms with Crippen LogP contribution >= 0.6 is 11.6 Å². The van der Waals surface area contributed by atoms with E-state index in [1.165, 1.54) is 0 Å². The molecule has 5 nitrogen and oxygen atoms in total. The van der Waals surface area contributed by atoms with Crippen LogP contribution in [0.3, 0.4) is 0 Å². The van der Waals surface area contributed by atoms with Crippen LogP contribution in [0.1, 0.15) is 12.5 Å². The van der Waals surface area contributed by atoms with Crippen LogP contribution in [0.2, 0.25) is 5.02 Å². The van der Waals surface area contributed by atoms with Crippen LogP contribution in [0.15, 0.2) is 42.6 Å². The molecule has 1 fully saturated rings. The zero-order chi connectivity index (χ0) is 20.3. The number of halogens is 4. The van der Waals surface area contributed by atoms with Gasteiger partial charge in [0.25, 0.3) is 11.7 Å². The summed E-state index contributed by atoms with van der Waals surface area (Å²) in [5, 5.41) is 2.63. The van der Waals surface area contributed by atoms with E-state index in [4.69, 9.17) is 11.6 Å². The molecule has 1 aromatic carbocycles. The van der Waals surface area contributed by atoms with Crippen LogP contribution in [0.5, 0.6) is 0 Å². The number of alkyl halides is 3. The second-order valence-corrected chi connectivity index (χ2v) is 7.20. The van der Waals surface area contributed by atoms with Gasteiger partial charge in [-0.05, 0) is 31.2 Å².